The van der Waals surface area contributed by atoms with E-state index in [1.54, 1.807) is 16.9 Å². The van der Waals surface area contributed by atoms with Crippen LogP contribution in [-0.4, -0.2) is 48.1 Å². The van der Waals surface area contributed by atoms with Gasteiger partial charge in [0.25, 0.3) is 0 Å². The molecule has 2 aromatic rings. The zero-order chi connectivity index (χ0) is 17.3. The number of methoxy groups -OCH3 is 1. The fraction of sp³-hybridized carbons (Fsp3) is 0.438. The van der Waals surface area contributed by atoms with E-state index in [1.165, 1.54) is 7.11 Å². The molecule has 8 nitrogen and oxygen atoms in total. The van der Waals surface area contributed by atoms with Crippen LogP contribution < -0.4 is 9.64 Å². The Hall–Kier alpha value is -2.61. The Balaban J connectivity index is 2.25. The summed E-state index contributed by atoms with van der Waals surface area (Å²) in [5.74, 6) is 0.300. The number of aryl methyl sites for hydroxylation is 1. The summed E-state index contributed by atoms with van der Waals surface area (Å²) in [5.41, 5.74) is 3.29. The maximum atomic E-state index is 11.5. The molecule has 1 aliphatic rings. The molecular formula is C16H20N4O4. The number of anilines is 1. The minimum Gasteiger partial charge on any atom is -0.490 e. The summed E-state index contributed by atoms with van der Waals surface area (Å²) < 4.78 is 12.5. The summed E-state index contributed by atoms with van der Waals surface area (Å²) in [5, 5.41) is 15.7. The molecule has 24 heavy (non-hydrogen) atoms. The van der Waals surface area contributed by atoms with Crippen molar-refractivity contribution >= 4 is 11.4 Å². The summed E-state index contributed by atoms with van der Waals surface area (Å²) in [4.78, 5) is 13.3. The number of hydrogen-bond acceptors (Lipinski definition) is 6. The lowest BCUT2D eigenvalue weighted by atomic mass is 9.99. The van der Waals surface area contributed by atoms with Crippen molar-refractivity contribution in [3.63, 3.8) is 0 Å². The summed E-state index contributed by atoms with van der Waals surface area (Å²) in [7, 11) is 3.28. The zero-order valence-corrected chi connectivity index (χ0v) is 14.0. The molecule has 3 rings (SSSR count). The number of aromatic nitrogens is 2. The molecule has 0 aliphatic carbocycles. The van der Waals surface area contributed by atoms with Crippen molar-refractivity contribution in [3.05, 3.63) is 34.1 Å². The van der Waals surface area contributed by atoms with Crippen LogP contribution in [0.25, 0.3) is 11.1 Å². The summed E-state index contributed by atoms with van der Waals surface area (Å²) in [6, 6.07) is 1.58. The topological polar surface area (TPSA) is 82.7 Å². The van der Waals surface area contributed by atoms with E-state index >= 15 is 0 Å². The van der Waals surface area contributed by atoms with Crippen LogP contribution in [0.3, 0.4) is 0 Å². The fourth-order valence-corrected chi connectivity index (χ4v) is 3.14. The molecule has 0 radical (unpaired) electrons. The maximum Gasteiger partial charge on any atom is 0.311 e. The molecule has 1 fully saturated rings. The summed E-state index contributed by atoms with van der Waals surface area (Å²) in [6.07, 6.45) is 3.57. The SMILES string of the molecule is COc1c([N+](=O)[O-])cc(-c2cnn(C)c2)c(N2CCOCC2)c1C. The van der Waals surface area contributed by atoms with E-state index < -0.39 is 4.92 Å². The van der Waals surface area contributed by atoms with Crippen LogP contribution in [0.15, 0.2) is 18.5 Å². The highest BCUT2D eigenvalue weighted by Gasteiger charge is 2.28. The van der Waals surface area contributed by atoms with Gasteiger partial charge in [-0.2, -0.15) is 5.10 Å². The Labute approximate surface area is 139 Å². The Kier molecular flexibility index (Phi) is 4.39. The third kappa shape index (κ3) is 2.80. The summed E-state index contributed by atoms with van der Waals surface area (Å²) >= 11 is 0. The normalized spacial score (nSPS) is 14.7. The molecule has 2 heterocycles. The first-order valence-corrected chi connectivity index (χ1v) is 7.70. The van der Waals surface area contributed by atoms with E-state index in [9.17, 15) is 10.1 Å². The van der Waals surface area contributed by atoms with E-state index in [-0.39, 0.29) is 5.69 Å². The average molecular weight is 332 g/mol. The minimum absolute atomic E-state index is 0.0362. The molecular weight excluding hydrogens is 312 g/mol. The Bertz CT molecular complexity index is 766. The van der Waals surface area contributed by atoms with Crippen LogP contribution >= 0.6 is 0 Å². The van der Waals surface area contributed by atoms with Gasteiger partial charge in [0, 0.05) is 49.1 Å². The Morgan fingerprint density at radius 3 is 2.62 bits per heavy atom. The Morgan fingerprint density at radius 2 is 2.08 bits per heavy atom. The van der Waals surface area contributed by atoms with E-state index in [4.69, 9.17) is 9.47 Å². The quantitative estimate of drug-likeness (QED) is 0.630. The van der Waals surface area contributed by atoms with Gasteiger partial charge in [-0.05, 0) is 6.92 Å². The Morgan fingerprint density at radius 1 is 1.38 bits per heavy atom. The van der Waals surface area contributed by atoms with Crippen LogP contribution in [0.1, 0.15) is 5.56 Å². The fourth-order valence-electron chi connectivity index (χ4n) is 3.14. The predicted octanol–water partition coefficient (Wildman–Crippen LogP) is 2.15. The second-order valence-electron chi connectivity index (χ2n) is 5.71. The monoisotopic (exact) mass is 332 g/mol. The van der Waals surface area contributed by atoms with Crippen molar-refractivity contribution in [2.75, 3.05) is 38.3 Å². The van der Waals surface area contributed by atoms with Crippen LogP contribution in [-0.2, 0) is 11.8 Å². The van der Waals surface area contributed by atoms with Gasteiger partial charge in [0.05, 0.1) is 37.1 Å². The molecule has 0 bridgehead atoms. The molecule has 0 atom stereocenters. The molecule has 0 saturated carbocycles. The van der Waals surface area contributed by atoms with Gasteiger partial charge in [-0.15, -0.1) is 0 Å². The molecule has 0 spiro atoms. The second-order valence-corrected chi connectivity index (χ2v) is 5.71. The van der Waals surface area contributed by atoms with Gasteiger partial charge >= 0.3 is 5.69 Å². The first kappa shape index (κ1) is 16.3. The molecule has 128 valence electrons. The van der Waals surface area contributed by atoms with Gasteiger partial charge in [0.15, 0.2) is 0 Å². The molecule has 8 heteroatoms. The van der Waals surface area contributed by atoms with Crippen molar-refractivity contribution < 1.29 is 14.4 Å². The molecule has 0 N–H and O–H groups in total. The van der Waals surface area contributed by atoms with E-state index in [1.807, 2.05) is 20.2 Å². The van der Waals surface area contributed by atoms with Crippen molar-refractivity contribution in [3.8, 4) is 16.9 Å². The van der Waals surface area contributed by atoms with Gasteiger partial charge in [-0.1, -0.05) is 0 Å². The van der Waals surface area contributed by atoms with Gasteiger partial charge in [-0.3, -0.25) is 14.8 Å². The number of nitro groups is 1. The largest absolute Gasteiger partial charge is 0.490 e. The van der Waals surface area contributed by atoms with Gasteiger partial charge in [-0.25, -0.2) is 0 Å². The molecule has 0 unspecified atom stereocenters. The minimum atomic E-state index is -0.408. The van der Waals surface area contributed by atoms with Gasteiger partial charge in [0.1, 0.15) is 0 Å². The first-order valence-electron chi connectivity index (χ1n) is 7.70. The number of nitro benzene ring substituents is 1. The number of rotatable bonds is 4. The van der Waals surface area contributed by atoms with Crippen LogP contribution in [0, 0.1) is 17.0 Å². The summed E-state index contributed by atoms with van der Waals surface area (Å²) in [6.45, 7) is 4.58. The molecule has 1 saturated heterocycles. The third-order valence-corrected chi connectivity index (χ3v) is 4.21. The number of benzene rings is 1. The van der Waals surface area contributed by atoms with Crippen LogP contribution in [0.5, 0.6) is 5.75 Å². The highest BCUT2D eigenvalue weighted by molar-refractivity contribution is 5.85. The lowest BCUT2D eigenvalue weighted by Crippen LogP contribution is -2.37. The zero-order valence-electron chi connectivity index (χ0n) is 14.0. The van der Waals surface area contributed by atoms with Crippen molar-refractivity contribution in [1.29, 1.82) is 0 Å². The number of ether oxygens (including phenoxy) is 2. The standard InChI is InChI=1S/C16H20N4O4/c1-11-15(19-4-6-24-7-5-19)13(12-9-17-18(2)10-12)8-14(20(21)22)16(11)23-3/h8-10H,4-7H2,1-3H3. The lowest BCUT2D eigenvalue weighted by Gasteiger charge is -2.32. The van der Waals surface area contributed by atoms with Gasteiger partial charge < -0.3 is 14.4 Å². The average Bonchev–Trinajstić information content (AvgIpc) is 3.01. The first-order chi connectivity index (χ1) is 11.5. The van der Waals surface area contributed by atoms with E-state index in [2.05, 4.69) is 10.00 Å². The molecule has 0 amide bonds. The highest BCUT2D eigenvalue weighted by Crippen LogP contribution is 2.44. The second kappa shape index (κ2) is 6.48. The van der Waals surface area contributed by atoms with E-state index in [0.717, 1.165) is 35.5 Å². The van der Waals surface area contributed by atoms with Gasteiger partial charge in [0.2, 0.25) is 5.75 Å². The lowest BCUT2D eigenvalue weighted by molar-refractivity contribution is -0.385. The third-order valence-electron chi connectivity index (χ3n) is 4.21. The molecule has 1 aromatic carbocycles. The van der Waals surface area contributed by atoms with Crippen LogP contribution in [0.4, 0.5) is 11.4 Å². The van der Waals surface area contributed by atoms with Crippen molar-refractivity contribution in [2.45, 2.75) is 6.92 Å². The number of morpholine rings is 1. The molecule has 1 aromatic heterocycles. The van der Waals surface area contributed by atoms with Crippen LogP contribution in [0.2, 0.25) is 0 Å². The van der Waals surface area contributed by atoms with Crippen molar-refractivity contribution in [1.82, 2.24) is 9.78 Å². The smallest absolute Gasteiger partial charge is 0.311 e. The predicted molar refractivity (Wildman–Crippen MR) is 89.6 cm³/mol. The highest BCUT2D eigenvalue weighted by atomic mass is 16.6. The maximum absolute atomic E-state index is 11.5. The van der Waals surface area contributed by atoms with Crippen molar-refractivity contribution in [2.24, 2.45) is 7.05 Å². The number of hydrogen-bond donors (Lipinski definition) is 0. The van der Waals surface area contributed by atoms with E-state index in [0.29, 0.717) is 19.0 Å². The number of nitrogens with zero attached hydrogens (tertiary/aromatic N) is 4. The molecule has 1 aliphatic heterocycles.